The van der Waals surface area contributed by atoms with Crippen LogP contribution in [0.5, 0.6) is 0 Å². The van der Waals surface area contributed by atoms with Gasteiger partial charge in [0.15, 0.2) is 5.03 Å². The van der Waals surface area contributed by atoms with Crippen molar-refractivity contribution in [2.75, 3.05) is 9.44 Å². The zero-order valence-electron chi connectivity index (χ0n) is 14.6. The second-order valence-electron chi connectivity index (χ2n) is 5.83. The van der Waals surface area contributed by atoms with Gasteiger partial charge in [-0.3, -0.25) is 9.44 Å². The number of hydrogen-bond donors (Lipinski definition) is 2. The number of hydrogen-bond acceptors (Lipinski definition) is 5. The van der Waals surface area contributed by atoms with Crippen LogP contribution in [0.1, 0.15) is 5.69 Å². The van der Waals surface area contributed by atoms with E-state index >= 15 is 0 Å². The number of nitrogens with zero attached hydrogens (tertiary/aromatic N) is 1. The molecule has 0 spiro atoms. The Morgan fingerprint density at radius 2 is 1.50 bits per heavy atom. The molecule has 150 valence electrons. The maximum Gasteiger partial charge on any atom is 0.277 e. The Labute approximate surface area is 177 Å². The summed E-state index contributed by atoms with van der Waals surface area (Å²) in [6.45, 7) is 1.76. The van der Waals surface area contributed by atoms with Gasteiger partial charge in [0.1, 0.15) is 4.21 Å². The van der Waals surface area contributed by atoms with Crippen LogP contribution in [0.25, 0.3) is 0 Å². The zero-order chi connectivity index (χ0) is 20.7. The van der Waals surface area contributed by atoms with Gasteiger partial charge in [0, 0.05) is 12.7 Å². The largest absolute Gasteiger partial charge is 0.338 e. The molecule has 2 N–H and O–H groups in total. The summed E-state index contributed by atoms with van der Waals surface area (Å²) in [5.41, 5.74) is 0.652. The van der Waals surface area contributed by atoms with E-state index in [0.29, 0.717) is 0 Å². The summed E-state index contributed by atoms with van der Waals surface area (Å²) in [7, 11) is -6.31. The lowest BCUT2D eigenvalue weighted by Gasteiger charge is -2.16. The lowest BCUT2D eigenvalue weighted by Crippen LogP contribution is -2.19. The first-order valence-corrected chi connectivity index (χ1v) is 12.3. The number of nitrogens with one attached hydrogen (secondary N) is 2. The fourth-order valence-corrected chi connectivity index (χ4v) is 6.09. The Kier molecular flexibility index (Phi) is 5.70. The van der Waals surface area contributed by atoms with Gasteiger partial charge in [-0.2, -0.15) is 8.42 Å². The minimum absolute atomic E-state index is 0.0168. The first-order chi connectivity index (χ1) is 13.0. The molecule has 3 aromatic rings. The van der Waals surface area contributed by atoms with E-state index in [2.05, 4.69) is 9.44 Å². The van der Waals surface area contributed by atoms with Gasteiger partial charge in [0.2, 0.25) is 0 Å². The monoisotopic (exact) mass is 479 g/mol. The molecule has 0 unspecified atom stereocenters. The first kappa shape index (κ1) is 21.0. The highest BCUT2D eigenvalue weighted by Gasteiger charge is 2.23. The highest BCUT2D eigenvalue weighted by atomic mass is 35.5. The van der Waals surface area contributed by atoms with Crippen LogP contribution < -0.4 is 9.44 Å². The maximum atomic E-state index is 12.8. The Morgan fingerprint density at radius 3 is 1.96 bits per heavy atom. The van der Waals surface area contributed by atoms with Gasteiger partial charge < -0.3 is 4.57 Å². The van der Waals surface area contributed by atoms with Crippen molar-refractivity contribution in [2.24, 2.45) is 7.05 Å². The molecule has 0 amide bonds. The third-order valence-electron chi connectivity index (χ3n) is 3.91. The summed E-state index contributed by atoms with van der Waals surface area (Å²) in [4.78, 5) is 0. The van der Waals surface area contributed by atoms with Crippen LogP contribution in [0.4, 0.5) is 11.4 Å². The van der Waals surface area contributed by atoms with Crippen LogP contribution in [0.3, 0.4) is 0 Å². The van der Waals surface area contributed by atoms with E-state index in [9.17, 15) is 16.8 Å². The second kappa shape index (κ2) is 7.60. The van der Waals surface area contributed by atoms with E-state index < -0.39 is 20.0 Å². The summed E-state index contributed by atoms with van der Waals surface area (Å²) in [5.74, 6) is 0. The number of benzene rings is 1. The lowest BCUT2D eigenvalue weighted by atomic mass is 10.3. The van der Waals surface area contributed by atoms with Gasteiger partial charge in [-0.05, 0) is 42.6 Å². The molecule has 0 bridgehead atoms. The molecule has 0 radical (unpaired) electrons. The van der Waals surface area contributed by atoms with Crippen molar-refractivity contribution >= 4 is 66.0 Å². The molecule has 0 aliphatic carbocycles. The second-order valence-corrected chi connectivity index (χ2v) is 11.1. The van der Waals surface area contributed by atoms with E-state index in [1.807, 2.05) is 0 Å². The smallest absolute Gasteiger partial charge is 0.277 e. The lowest BCUT2D eigenvalue weighted by molar-refractivity contribution is 0.589. The van der Waals surface area contributed by atoms with Crippen LogP contribution in [0.15, 0.2) is 51.0 Å². The van der Waals surface area contributed by atoms with Crippen molar-refractivity contribution in [2.45, 2.75) is 16.2 Å². The fraction of sp³-hybridized carbons (Fsp3) is 0.125. The molecule has 12 heteroatoms. The van der Waals surface area contributed by atoms with Crippen molar-refractivity contribution in [3.05, 3.63) is 57.5 Å². The molecule has 2 aromatic heterocycles. The molecule has 28 heavy (non-hydrogen) atoms. The Balaban J connectivity index is 2.04. The van der Waals surface area contributed by atoms with Crippen LogP contribution in [-0.2, 0) is 27.1 Å². The molecule has 3 rings (SSSR count). The van der Waals surface area contributed by atoms with E-state index in [4.69, 9.17) is 23.2 Å². The molecule has 2 heterocycles. The molecule has 0 atom stereocenters. The number of sulfonamides is 2. The first-order valence-electron chi connectivity index (χ1n) is 7.72. The number of halogens is 2. The average Bonchev–Trinajstić information content (AvgIpc) is 3.24. The van der Waals surface area contributed by atoms with Gasteiger partial charge in [0.25, 0.3) is 20.0 Å². The van der Waals surface area contributed by atoms with E-state index in [-0.39, 0.29) is 30.7 Å². The SMILES string of the molecule is Cc1ccc(S(=O)(=O)Nc2cc(Cl)c(Cl)cc2NS(=O)(=O)c2cccs2)n1C. The predicted octanol–water partition coefficient (Wildman–Crippen LogP) is 4.30. The summed E-state index contributed by atoms with van der Waals surface area (Å²) >= 11 is 13.1. The summed E-state index contributed by atoms with van der Waals surface area (Å²) in [5, 5.41) is 1.78. The highest BCUT2D eigenvalue weighted by molar-refractivity contribution is 7.94. The van der Waals surface area contributed by atoms with Crippen molar-refractivity contribution < 1.29 is 16.8 Å². The number of aromatic nitrogens is 1. The third kappa shape index (κ3) is 4.15. The minimum Gasteiger partial charge on any atom is -0.338 e. The molecular weight excluding hydrogens is 465 g/mol. The number of aryl methyl sites for hydroxylation is 1. The van der Waals surface area contributed by atoms with Crippen LogP contribution in [0, 0.1) is 6.92 Å². The van der Waals surface area contributed by atoms with Crippen molar-refractivity contribution in [3.8, 4) is 0 Å². The maximum absolute atomic E-state index is 12.8. The highest BCUT2D eigenvalue weighted by Crippen LogP contribution is 2.35. The van der Waals surface area contributed by atoms with Crippen molar-refractivity contribution in [3.63, 3.8) is 0 Å². The number of thiophene rings is 1. The van der Waals surface area contributed by atoms with E-state index in [1.54, 1.807) is 31.5 Å². The zero-order valence-corrected chi connectivity index (χ0v) is 18.6. The molecule has 0 saturated carbocycles. The Morgan fingerprint density at radius 1 is 0.929 bits per heavy atom. The van der Waals surface area contributed by atoms with E-state index in [1.165, 1.54) is 28.8 Å². The third-order valence-corrected chi connectivity index (χ3v) is 8.85. The van der Waals surface area contributed by atoms with Gasteiger partial charge in [0.05, 0.1) is 21.4 Å². The van der Waals surface area contributed by atoms with Crippen LogP contribution in [0.2, 0.25) is 10.0 Å². The minimum atomic E-state index is -4.01. The van der Waals surface area contributed by atoms with Gasteiger partial charge in [-0.1, -0.05) is 29.3 Å². The summed E-state index contributed by atoms with van der Waals surface area (Å²) in [6.07, 6.45) is 0. The normalized spacial score (nSPS) is 12.1. The molecule has 0 fully saturated rings. The van der Waals surface area contributed by atoms with Gasteiger partial charge in [-0.15, -0.1) is 11.3 Å². The fourth-order valence-electron chi connectivity index (χ4n) is 2.38. The standard InChI is InChI=1S/C16H15Cl2N3O4S3/c1-10-5-6-15(21(10)2)27(22,23)19-13-8-11(17)12(18)9-14(13)20-28(24,25)16-4-3-7-26-16/h3-9,19-20H,1-2H3. The predicted molar refractivity (Wildman–Crippen MR) is 113 cm³/mol. The van der Waals surface area contributed by atoms with Crippen LogP contribution >= 0.6 is 34.5 Å². The topological polar surface area (TPSA) is 97.3 Å². The van der Waals surface area contributed by atoms with Crippen LogP contribution in [-0.4, -0.2) is 21.4 Å². The molecular formula is C16H15Cl2N3O4S3. The average molecular weight is 480 g/mol. The summed E-state index contributed by atoms with van der Waals surface area (Å²) < 4.78 is 57.0. The molecule has 7 nitrogen and oxygen atoms in total. The van der Waals surface area contributed by atoms with Crippen molar-refractivity contribution in [1.29, 1.82) is 0 Å². The molecule has 1 aromatic carbocycles. The Bertz CT molecular complexity index is 1230. The number of anilines is 2. The van der Waals surface area contributed by atoms with E-state index in [0.717, 1.165) is 17.0 Å². The van der Waals surface area contributed by atoms with Gasteiger partial charge in [-0.25, -0.2) is 8.42 Å². The molecule has 0 aliphatic heterocycles. The quantitative estimate of drug-likeness (QED) is 0.550. The van der Waals surface area contributed by atoms with Gasteiger partial charge >= 0.3 is 0 Å². The summed E-state index contributed by atoms with van der Waals surface area (Å²) in [6, 6.07) is 8.64. The van der Waals surface area contributed by atoms with Crippen molar-refractivity contribution in [1.82, 2.24) is 4.57 Å². The molecule has 0 saturated heterocycles. The Hall–Kier alpha value is -1.72. The number of rotatable bonds is 6. The molecule has 0 aliphatic rings.